The Morgan fingerprint density at radius 1 is 1.10 bits per heavy atom. The van der Waals surface area contributed by atoms with Gasteiger partial charge in [-0.2, -0.15) is 11.8 Å². The van der Waals surface area contributed by atoms with Crippen molar-refractivity contribution in [2.45, 2.75) is 32.4 Å². The largest absolute Gasteiger partial charge is 0.494 e. The molecule has 31 heavy (non-hydrogen) atoms. The zero-order chi connectivity index (χ0) is 22.5. The molecule has 2 N–H and O–H groups in total. The van der Waals surface area contributed by atoms with E-state index in [0.29, 0.717) is 30.8 Å². The number of aliphatic hydroxyl groups excluding tert-OH is 1. The first-order valence-corrected chi connectivity index (χ1v) is 12.8. The lowest BCUT2D eigenvalue weighted by Crippen LogP contribution is -2.40. The maximum atomic E-state index is 12.9. The number of thioether (sulfide) groups is 2. The minimum absolute atomic E-state index is 0.0642. The van der Waals surface area contributed by atoms with E-state index in [9.17, 15) is 14.7 Å². The Morgan fingerprint density at radius 3 is 2.45 bits per heavy atom. The average molecular weight is 462 g/mol. The van der Waals surface area contributed by atoms with Crippen molar-refractivity contribution in [2.75, 3.05) is 24.4 Å². The maximum Gasteiger partial charge on any atom is 0.226 e. The molecule has 5 nitrogen and oxygen atoms in total. The van der Waals surface area contributed by atoms with Crippen molar-refractivity contribution in [3.05, 3.63) is 65.7 Å². The number of carbonyl (C=O) groups is 2. The number of nitrogens with one attached hydrogen (secondary N) is 1. The highest BCUT2D eigenvalue weighted by molar-refractivity contribution is 8.14. The molecule has 0 aromatic heterocycles. The molecule has 0 aliphatic carbocycles. The molecule has 0 saturated heterocycles. The summed E-state index contributed by atoms with van der Waals surface area (Å²) >= 11 is 2.85. The molecule has 1 amide bonds. The van der Waals surface area contributed by atoms with Gasteiger partial charge in [-0.25, -0.2) is 0 Å². The molecule has 7 heteroatoms. The van der Waals surface area contributed by atoms with Crippen LogP contribution < -0.4 is 10.1 Å². The van der Waals surface area contributed by atoms with Crippen LogP contribution in [0.2, 0.25) is 0 Å². The first-order chi connectivity index (χ1) is 15.0. The standard InChI is InChI=1S/C24H31NO4S2/c1-3-29-21-13-11-18(12-14-21)16-20(23(27)25-22(26)10-7-15-30-2)17-31-24(28)19-8-5-4-6-9-19/h4-6,8-9,11-14,20,22,26H,3,7,10,15-17H2,1-2H3,(H,25,27). The summed E-state index contributed by atoms with van der Waals surface area (Å²) in [5.41, 5.74) is 1.60. The second-order valence-corrected chi connectivity index (χ2v) is 9.08. The predicted molar refractivity (Wildman–Crippen MR) is 130 cm³/mol. The Kier molecular flexibility index (Phi) is 11.6. The molecule has 2 unspecified atom stereocenters. The molecule has 2 aromatic carbocycles. The fraction of sp³-hybridized carbons (Fsp3) is 0.417. The second-order valence-electron chi connectivity index (χ2n) is 7.10. The second kappa shape index (κ2) is 14.2. The first kappa shape index (κ1) is 25.3. The van der Waals surface area contributed by atoms with Gasteiger partial charge < -0.3 is 15.2 Å². The number of benzene rings is 2. The van der Waals surface area contributed by atoms with Gasteiger partial charge in [-0.1, -0.05) is 54.2 Å². The van der Waals surface area contributed by atoms with Gasteiger partial charge in [0.25, 0.3) is 0 Å². The zero-order valence-electron chi connectivity index (χ0n) is 18.1. The summed E-state index contributed by atoms with van der Waals surface area (Å²) in [7, 11) is 0. The summed E-state index contributed by atoms with van der Waals surface area (Å²) in [6.07, 6.45) is 2.95. The summed E-state index contributed by atoms with van der Waals surface area (Å²) in [5.74, 6) is 1.38. The van der Waals surface area contributed by atoms with E-state index in [2.05, 4.69) is 5.32 Å². The highest BCUT2D eigenvalue weighted by Crippen LogP contribution is 2.21. The monoisotopic (exact) mass is 461 g/mol. The van der Waals surface area contributed by atoms with Crippen LogP contribution in [0.4, 0.5) is 0 Å². The first-order valence-electron chi connectivity index (χ1n) is 10.4. The van der Waals surface area contributed by atoms with Crippen LogP contribution in [0, 0.1) is 5.92 Å². The van der Waals surface area contributed by atoms with Gasteiger partial charge in [-0.05, 0) is 55.9 Å². The van der Waals surface area contributed by atoms with Crippen LogP contribution >= 0.6 is 23.5 Å². The van der Waals surface area contributed by atoms with E-state index < -0.39 is 12.1 Å². The fourth-order valence-corrected chi connectivity index (χ4v) is 4.39. The van der Waals surface area contributed by atoms with Crippen LogP contribution in [0.25, 0.3) is 0 Å². The van der Waals surface area contributed by atoms with Gasteiger partial charge in [-0.3, -0.25) is 9.59 Å². The molecule has 0 heterocycles. The highest BCUT2D eigenvalue weighted by Gasteiger charge is 2.23. The fourth-order valence-electron chi connectivity index (χ4n) is 3.01. The lowest BCUT2D eigenvalue weighted by molar-refractivity contribution is -0.127. The quantitative estimate of drug-likeness (QED) is 0.340. The Morgan fingerprint density at radius 2 is 1.81 bits per heavy atom. The molecule has 2 atom stereocenters. The van der Waals surface area contributed by atoms with Crippen molar-refractivity contribution >= 4 is 34.5 Å². The Bertz CT molecular complexity index is 799. The number of hydrogen-bond donors (Lipinski definition) is 2. The van der Waals surface area contributed by atoms with Crippen LogP contribution in [0.3, 0.4) is 0 Å². The van der Waals surface area contributed by atoms with Gasteiger partial charge in [0.15, 0.2) is 0 Å². The number of ether oxygens (including phenoxy) is 1. The molecule has 0 radical (unpaired) electrons. The molecule has 0 aliphatic rings. The van der Waals surface area contributed by atoms with Gasteiger partial charge in [0.1, 0.15) is 12.0 Å². The van der Waals surface area contributed by atoms with Crippen molar-refractivity contribution in [1.82, 2.24) is 5.32 Å². The summed E-state index contributed by atoms with van der Waals surface area (Å²) in [6, 6.07) is 16.7. The van der Waals surface area contributed by atoms with E-state index in [0.717, 1.165) is 35.2 Å². The van der Waals surface area contributed by atoms with Crippen molar-refractivity contribution in [3.8, 4) is 5.75 Å². The topological polar surface area (TPSA) is 75.6 Å². The smallest absolute Gasteiger partial charge is 0.226 e. The third-order valence-electron chi connectivity index (χ3n) is 4.65. The van der Waals surface area contributed by atoms with Crippen LogP contribution in [0.1, 0.15) is 35.7 Å². The molecule has 0 spiro atoms. The van der Waals surface area contributed by atoms with Crippen molar-refractivity contribution in [1.29, 1.82) is 0 Å². The van der Waals surface area contributed by atoms with E-state index in [-0.39, 0.29) is 11.0 Å². The van der Waals surface area contributed by atoms with Crippen molar-refractivity contribution in [2.24, 2.45) is 5.92 Å². The Labute approximate surface area is 193 Å². The third kappa shape index (κ3) is 9.37. The van der Waals surface area contributed by atoms with E-state index in [1.807, 2.05) is 55.6 Å². The number of carbonyl (C=O) groups excluding carboxylic acids is 2. The zero-order valence-corrected chi connectivity index (χ0v) is 19.7. The molecule has 168 valence electrons. The lowest BCUT2D eigenvalue weighted by atomic mass is 10.00. The SMILES string of the molecule is CCOc1ccc(CC(CSC(=O)c2ccccc2)C(=O)NC(O)CCCSC)cc1. The molecule has 0 fully saturated rings. The molecular formula is C24H31NO4S2. The predicted octanol–water partition coefficient (Wildman–Crippen LogP) is 4.40. The van der Waals surface area contributed by atoms with E-state index in [4.69, 9.17) is 4.74 Å². The molecule has 2 rings (SSSR count). The van der Waals surface area contributed by atoms with Crippen LogP contribution in [0.15, 0.2) is 54.6 Å². The van der Waals surface area contributed by atoms with Crippen LogP contribution in [-0.2, 0) is 11.2 Å². The van der Waals surface area contributed by atoms with E-state index in [1.54, 1.807) is 23.9 Å². The third-order valence-corrected chi connectivity index (χ3v) is 6.41. The lowest BCUT2D eigenvalue weighted by Gasteiger charge is -2.19. The van der Waals surface area contributed by atoms with Crippen LogP contribution in [-0.4, -0.2) is 46.7 Å². The number of amides is 1. The van der Waals surface area contributed by atoms with Gasteiger partial charge in [0, 0.05) is 11.3 Å². The van der Waals surface area contributed by atoms with Crippen LogP contribution in [0.5, 0.6) is 5.75 Å². The van der Waals surface area contributed by atoms with Gasteiger partial charge in [0.2, 0.25) is 11.0 Å². The molecule has 0 saturated carbocycles. The highest BCUT2D eigenvalue weighted by atomic mass is 32.2. The Hall–Kier alpha value is -1.96. The molecule has 0 bridgehead atoms. The average Bonchev–Trinajstić information content (AvgIpc) is 2.78. The number of hydrogen-bond acceptors (Lipinski definition) is 6. The summed E-state index contributed by atoms with van der Waals surface area (Å²) in [6.45, 7) is 2.52. The van der Waals surface area contributed by atoms with Gasteiger partial charge in [-0.15, -0.1) is 0 Å². The van der Waals surface area contributed by atoms with Gasteiger partial charge >= 0.3 is 0 Å². The number of aliphatic hydroxyl groups is 1. The van der Waals surface area contributed by atoms with E-state index >= 15 is 0 Å². The molecular weight excluding hydrogens is 430 g/mol. The van der Waals surface area contributed by atoms with E-state index in [1.165, 1.54) is 0 Å². The summed E-state index contributed by atoms with van der Waals surface area (Å²) in [4.78, 5) is 25.4. The van der Waals surface area contributed by atoms with Crippen molar-refractivity contribution < 1.29 is 19.4 Å². The molecule has 2 aromatic rings. The normalized spacial score (nSPS) is 12.7. The molecule has 0 aliphatic heterocycles. The number of rotatable bonds is 13. The summed E-state index contributed by atoms with van der Waals surface area (Å²) < 4.78 is 5.48. The minimum atomic E-state index is -0.877. The minimum Gasteiger partial charge on any atom is -0.494 e. The van der Waals surface area contributed by atoms with Crippen molar-refractivity contribution in [3.63, 3.8) is 0 Å². The summed E-state index contributed by atoms with van der Waals surface area (Å²) in [5, 5.41) is 12.8. The Balaban J connectivity index is 2.02. The van der Waals surface area contributed by atoms with Gasteiger partial charge in [0.05, 0.1) is 12.5 Å². The maximum absolute atomic E-state index is 12.9.